The van der Waals surface area contributed by atoms with Gasteiger partial charge in [-0.05, 0) is 24.1 Å². The Bertz CT molecular complexity index is 1230. The van der Waals surface area contributed by atoms with E-state index in [9.17, 15) is 18.5 Å². The highest BCUT2D eigenvalue weighted by atomic mass is 32.2. The van der Waals surface area contributed by atoms with Gasteiger partial charge in [-0.15, -0.1) is 0 Å². The van der Waals surface area contributed by atoms with Crippen LogP contribution >= 0.6 is 0 Å². The van der Waals surface area contributed by atoms with Gasteiger partial charge >= 0.3 is 0 Å². The van der Waals surface area contributed by atoms with Gasteiger partial charge in [-0.1, -0.05) is 39.0 Å². The number of hydrazone groups is 1. The van der Waals surface area contributed by atoms with E-state index in [1.807, 2.05) is 18.3 Å². The predicted molar refractivity (Wildman–Crippen MR) is 122 cm³/mol. The van der Waals surface area contributed by atoms with Gasteiger partial charge in [-0.2, -0.15) is 9.41 Å². The molecule has 3 aromatic rings. The Balaban J connectivity index is 1.89. The van der Waals surface area contributed by atoms with Crippen molar-refractivity contribution < 1.29 is 13.3 Å². The van der Waals surface area contributed by atoms with E-state index in [0.717, 1.165) is 29.0 Å². The summed E-state index contributed by atoms with van der Waals surface area (Å²) in [5.41, 5.74) is 5.46. The number of para-hydroxylation sites is 1. The number of benzene rings is 2. The summed E-state index contributed by atoms with van der Waals surface area (Å²) in [5.74, 6) is 0. The van der Waals surface area contributed by atoms with Crippen LogP contribution in [0.5, 0.6) is 0 Å². The molecular weight excluding hydrogens is 418 g/mol. The van der Waals surface area contributed by atoms with E-state index in [4.69, 9.17) is 0 Å². The maximum atomic E-state index is 12.7. The van der Waals surface area contributed by atoms with Gasteiger partial charge in [-0.3, -0.25) is 15.5 Å². The molecule has 0 saturated carbocycles. The van der Waals surface area contributed by atoms with Gasteiger partial charge in [0.1, 0.15) is 5.69 Å². The molecule has 0 radical (unpaired) electrons. The summed E-state index contributed by atoms with van der Waals surface area (Å²) in [7, 11) is -3.80. The molecule has 0 aliphatic carbocycles. The number of anilines is 1. The Kier molecular flexibility index (Phi) is 6.71. The summed E-state index contributed by atoms with van der Waals surface area (Å²) >= 11 is 0. The number of aromatic nitrogens is 1. The summed E-state index contributed by atoms with van der Waals surface area (Å²) < 4.78 is 26.6. The molecule has 1 aromatic heterocycles. The number of nitrogens with zero attached hydrogens (tertiary/aromatic N) is 3. The van der Waals surface area contributed by atoms with E-state index in [1.165, 1.54) is 22.0 Å². The lowest BCUT2D eigenvalue weighted by atomic mass is 10.1. The summed E-state index contributed by atoms with van der Waals surface area (Å²) in [5, 5.41) is 16.7. The van der Waals surface area contributed by atoms with Gasteiger partial charge in [0.25, 0.3) is 5.69 Å². The second kappa shape index (κ2) is 9.27. The third-order valence-corrected chi connectivity index (χ3v) is 7.16. The van der Waals surface area contributed by atoms with Crippen LogP contribution in [0.25, 0.3) is 10.9 Å². The topological polar surface area (TPSA) is 121 Å². The first-order valence-corrected chi connectivity index (χ1v) is 11.4. The molecular formula is C21H25N5O4S. The number of hydrogen-bond donors (Lipinski definition) is 2. The number of sulfonamides is 1. The lowest BCUT2D eigenvalue weighted by Crippen LogP contribution is -2.30. The van der Waals surface area contributed by atoms with Crippen LogP contribution in [-0.4, -0.2) is 41.9 Å². The molecule has 0 atom stereocenters. The largest absolute Gasteiger partial charge is 0.360 e. The first-order chi connectivity index (χ1) is 14.8. The van der Waals surface area contributed by atoms with Crippen molar-refractivity contribution in [2.75, 3.05) is 18.5 Å². The van der Waals surface area contributed by atoms with Crippen molar-refractivity contribution in [1.82, 2.24) is 9.29 Å². The third kappa shape index (κ3) is 4.44. The number of H-pyrrole nitrogens is 1. The van der Waals surface area contributed by atoms with E-state index in [0.29, 0.717) is 0 Å². The molecule has 2 aromatic carbocycles. The van der Waals surface area contributed by atoms with Crippen molar-refractivity contribution in [2.24, 2.45) is 5.10 Å². The number of hydrogen-bond acceptors (Lipinski definition) is 6. The van der Waals surface area contributed by atoms with Gasteiger partial charge in [-0.25, -0.2) is 8.42 Å². The van der Waals surface area contributed by atoms with Gasteiger partial charge in [0.2, 0.25) is 10.0 Å². The Labute approximate surface area is 181 Å². The quantitative estimate of drug-likeness (QED) is 0.293. The number of rotatable bonds is 9. The lowest BCUT2D eigenvalue weighted by Gasteiger charge is -2.18. The van der Waals surface area contributed by atoms with Crippen LogP contribution in [0.4, 0.5) is 11.4 Å². The zero-order valence-electron chi connectivity index (χ0n) is 17.6. The van der Waals surface area contributed by atoms with E-state index in [-0.39, 0.29) is 29.4 Å². The average Bonchev–Trinajstić information content (AvgIpc) is 3.17. The highest BCUT2D eigenvalue weighted by Gasteiger charge is 2.25. The normalized spacial score (nSPS) is 12.1. The number of nitro benzene ring substituents is 1. The molecule has 2 N–H and O–H groups in total. The summed E-state index contributed by atoms with van der Waals surface area (Å²) in [6.07, 6.45) is 4.29. The summed E-state index contributed by atoms with van der Waals surface area (Å²) in [6.45, 7) is 6.07. The van der Waals surface area contributed by atoms with Gasteiger partial charge in [0, 0.05) is 41.8 Å². The standard InChI is InChI=1S/C21H25N5O4S/c1-4-15-8-7-9-18-16(13-22-21(15)18)14-23-24-19-11-10-17(12-20(19)26(27)28)31(29,30)25(5-2)6-3/h7-14,22,24H,4-6H2,1-3H3. The maximum absolute atomic E-state index is 12.7. The lowest BCUT2D eigenvalue weighted by molar-refractivity contribution is -0.384. The molecule has 1 heterocycles. The van der Waals surface area contributed by atoms with E-state index < -0.39 is 14.9 Å². The smallest absolute Gasteiger partial charge is 0.295 e. The van der Waals surface area contributed by atoms with Gasteiger partial charge in [0.15, 0.2) is 0 Å². The van der Waals surface area contributed by atoms with Crippen LogP contribution in [0.15, 0.2) is 52.6 Å². The molecule has 0 fully saturated rings. The SMILES string of the molecule is CCc1cccc2c(C=NNc3ccc(S(=O)(=O)N(CC)CC)cc3[N+](=O)[O-])c[nH]c12. The highest BCUT2D eigenvalue weighted by Crippen LogP contribution is 2.29. The van der Waals surface area contributed by atoms with Crippen molar-refractivity contribution in [2.45, 2.75) is 32.1 Å². The molecule has 31 heavy (non-hydrogen) atoms. The zero-order valence-corrected chi connectivity index (χ0v) is 18.4. The Morgan fingerprint density at radius 2 is 1.94 bits per heavy atom. The molecule has 164 valence electrons. The zero-order chi connectivity index (χ0) is 22.6. The third-order valence-electron chi connectivity index (χ3n) is 5.11. The fourth-order valence-corrected chi connectivity index (χ4v) is 4.92. The van der Waals surface area contributed by atoms with E-state index in [2.05, 4.69) is 28.5 Å². The summed E-state index contributed by atoms with van der Waals surface area (Å²) in [4.78, 5) is 14.0. The number of aromatic amines is 1. The molecule has 0 aliphatic heterocycles. The minimum Gasteiger partial charge on any atom is -0.360 e. The minimum atomic E-state index is -3.80. The number of aryl methyl sites for hydroxylation is 1. The second-order valence-electron chi connectivity index (χ2n) is 6.83. The molecule has 3 rings (SSSR count). The highest BCUT2D eigenvalue weighted by molar-refractivity contribution is 7.89. The molecule has 0 saturated heterocycles. The first-order valence-electron chi connectivity index (χ1n) is 10.00. The van der Waals surface area contributed by atoms with Crippen molar-refractivity contribution in [1.29, 1.82) is 0 Å². The van der Waals surface area contributed by atoms with Crippen LogP contribution in [-0.2, 0) is 16.4 Å². The van der Waals surface area contributed by atoms with Crippen LogP contribution < -0.4 is 5.43 Å². The molecule has 10 heteroatoms. The van der Waals surface area contributed by atoms with Crippen molar-refractivity contribution in [3.63, 3.8) is 0 Å². The van der Waals surface area contributed by atoms with Crippen LogP contribution in [0, 0.1) is 10.1 Å². The van der Waals surface area contributed by atoms with E-state index >= 15 is 0 Å². The number of nitro groups is 1. The Morgan fingerprint density at radius 1 is 1.19 bits per heavy atom. The summed E-state index contributed by atoms with van der Waals surface area (Å²) in [6, 6.07) is 9.76. The monoisotopic (exact) mass is 443 g/mol. The first kappa shape index (κ1) is 22.4. The van der Waals surface area contributed by atoms with Crippen LogP contribution in [0.1, 0.15) is 31.9 Å². The molecule has 0 unspecified atom stereocenters. The fraction of sp³-hybridized carbons (Fsp3) is 0.286. The van der Waals surface area contributed by atoms with Crippen LogP contribution in [0.2, 0.25) is 0 Å². The average molecular weight is 444 g/mol. The van der Waals surface area contributed by atoms with E-state index in [1.54, 1.807) is 20.1 Å². The number of fused-ring (bicyclic) bond motifs is 1. The minimum absolute atomic E-state index is 0.105. The van der Waals surface area contributed by atoms with Crippen molar-refractivity contribution in [3.05, 3.63) is 63.8 Å². The molecule has 0 aliphatic rings. The molecule has 0 bridgehead atoms. The molecule has 0 amide bonds. The van der Waals surface area contributed by atoms with Gasteiger partial charge in [0.05, 0.1) is 16.0 Å². The Hall–Kier alpha value is -3.24. The van der Waals surface area contributed by atoms with Gasteiger partial charge < -0.3 is 4.98 Å². The Morgan fingerprint density at radius 3 is 2.58 bits per heavy atom. The second-order valence-corrected chi connectivity index (χ2v) is 8.77. The van der Waals surface area contributed by atoms with Crippen molar-refractivity contribution in [3.8, 4) is 0 Å². The maximum Gasteiger partial charge on any atom is 0.295 e. The van der Waals surface area contributed by atoms with Crippen molar-refractivity contribution >= 4 is 38.5 Å². The fourth-order valence-electron chi connectivity index (χ4n) is 3.44. The predicted octanol–water partition coefficient (Wildman–Crippen LogP) is 4.12. The van der Waals surface area contributed by atoms with Crippen LogP contribution in [0.3, 0.4) is 0 Å². The number of nitrogens with one attached hydrogen (secondary N) is 2. The molecule has 0 spiro atoms. The molecule has 9 nitrogen and oxygen atoms in total.